The van der Waals surface area contributed by atoms with Gasteiger partial charge in [-0.3, -0.25) is 0 Å². The van der Waals surface area contributed by atoms with E-state index in [1.807, 2.05) is 19.2 Å². The van der Waals surface area contributed by atoms with Crippen molar-refractivity contribution >= 4 is 9.84 Å². The smallest absolute Gasteiger partial charge is 0.155 e. The van der Waals surface area contributed by atoms with Crippen LogP contribution in [0.1, 0.15) is 56.2 Å². The van der Waals surface area contributed by atoms with Crippen LogP contribution >= 0.6 is 0 Å². The van der Waals surface area contributed by atoms with Gasteiger partial charge in [-0.1, -0.05) is 44.0 Å². The van der Waals surface area contributed by atoms with Gasteiger partial charge in [-0.25, -0.2) is 8.42 Å². The van der Waals surface area contributed by atoms with Gasteiger partial charge in [-0.15, -0.1) is 0 Å². The third-order valence-electron chi connectivity index (χ3n) is 4.50. The van der Waals surface area contributed by atoms with Crippen LogP contribution in [0.4, 0.5) is 0 Å². The average molecular weight is 309 g/mol. The molecule has 1 aromatic rings. The van der Waals surface area contributed by atoms with Crippen LogP contribution < -0.4 is 5.32 Å². The number of aryl methyl sites for hydroxylation is 1. The van der Waals surface area contributed by atoms with Crippen LogP contribution in [-0.2, 0) is 16.3 Å². The fourth-order valence-electron chi connectivity index (χ4n) is 3.36. The Labute approximate surface area is 129 Å². The fourth-order valence-corrected chi connectivity index (χ4v) is 5.49. The molecule has 0 heterocycles. The number of rotatable bonds is 6. The Hall–Kier alpha value is -0.870. The molecule has 1 N–H and O–H groups in total. The topological polar surface area (TPSA) is 46.2 Å². The molecule has 4 heteroatoms. The molecule has 2 unspecified atom stereocenters. The maximum Gasteiger partial charge on any atom is 0.155 e. The molecule has 0 bridgehead atoms. The Bertz CT molecular complexity index is 554. The summed E-state index contributed by atoms with van der Waals surface area (Å²) in [5.74, 6) is 0.325. The molecule has 118 valence electrons. The Morgan fingerprint density at radius 3 is 2.71 bits per heavy atom. The third-order valence-corrected chi connectivity index (χ3v) is 6.79. The summed E-state index contributed by atoms with van der Waals surface area (Å²) in [7, 11) is -1.17. The molecule has 0 radical (unpaired) electrons. The lowest BCUT2D eigenvalue weighted by Gasteiger charge is -2.26. The third kappa shape index (κ3) is 3.86. The largest absolute Gasteiger partial charge is 0.312 e. The van der Waals surface area contributed by atoms with E-state index in [9.17, 15) is 8.42 Å². The number of nitrogens with one attached hydrogen (secondary N) is 1. The van der Waals surface area contributed by atoms with E-state index in [0.29, 0.717) is 5.75 Å². The maximum atomic E-state index is 12.8. The van der Waals surface area contributed by atoms with E-state index in [1.165, 1.54) is 11.1 Å². The van der Waals surface area contributed by atoms with E-state index in [1.54, 1.807) is 0 Å². The minimum Gasteiger partial charge on any atom is -0.312 e. The van der Waals surface area contributed by atoms with E-state index >= 15 is 0 Å². The van der Waals surface area contributed by atoms with E-state index in [0.717, 1.165) is 38.5 Å². The van der Waals surface area contributed by atoms with Gasteiger partial charge >= 0.3 is 0 Å². The second-order valence-electron chi connectivity index (χ2n) is 5.97. The zero-order valence-electron chi connectivity index (χ0n) is 13.1. The molecule has 1 aromatic carbocycles. The first-order valence-electron chi connectivity index (χ1n) is 8.06. The van der Waals surface area contributed by atoms with E-state index < -0.39 is 9.84 Å². The molecule has 0 spiro atoms. The summed E-state index contributed by atoms with van der Waals surface area (Å²) in [5.41, 5.74) is 2.46. The molecule has 0 fully saturated rings. The fraction of sp³-hybridized carbons (Fsp3) is 0.647. The summed E-state index contributed by atoms with van der Waals surface area (Å²) < 4.78 is 25.5. The molecule has 3 nitrogen and oxygen atoms in total. The lowest BCUT2D eigenvalue weighted by atomic mass is 9.99. The van der Waals surface area contributed by atoms with Crippen LogP contribution in [0.3, 0.4) is 0 Å². The van der Waals surface area contributed by atoms with Gasteiger partial charge in [0.05, 0.1) is 11.0 Å². The molecule has 0 aliphatic heterocycles. The van der Waals surface area contributed by atoms with Crippen molar-refractivity contribution in [3.05, 3.63) is 35.4 Å². The van der Waals surface area contributed by atoms with Crippen molar-refractivity contribution in [3.8, 4) is 0 Å². The summed E-state index contributed by atoms with van der Waals surface area (Å²) in [6, 6.07) is 8.19. The molecular formula is C17H27NO2S. The van der Waals surface area contributed by atoms with Gasteiger partial charge in [0.1, 0.15) is 0 Å². The predicted octanol–water partition coefficient (Wildman–Crippen LogP) is 3.26. The first kappa shape index (κ1) is 16.5. The molecular weight excluding hydrogens is 282 g/mol. The highest BCUT2D eigenvalue weighted by atomic mass is 32.2. The number of hydrogen-bond acceptors (Lipinski definition) is 3. The minimum atomic E-state index is -3.05. The molecule has 2 atom stereocenters. The number of unbranched alkanes of at least 4 members (excludes halogenated alkanes) is 2. The monoisotopic (exact) mass is 309 g/mol. The highest BCUT2D eigenvalue weighted by molar-refractivity contribution is 7.92. The number of hydrogen-bond donors (Lipinski definition) is 1. The normalized spacial score (nSPS) is 22.6. The molecule has 0 saturated carbocycles. The minimum absolute atomic E-state index is 0.0738. The summed E-state index contributed by atoms with van der Waals surface area (Å²) >= 11 is 0. The van der Waals surface area contributed by atoms with Crippen LogP contribution in [0.25, 0.3) is 0 Å². The second-order valence-corrected chi connectivity index (χ2v) is 8.31. The standard InChI is InChI=1S/C17H27NO2S/c1-3-4-7-13-21(19,20)16-12-8-10-14-9-5-6-11-15(14)17(16)18-2/h5-6,9,11,16-18H,3-4,7-8,10,12-13H2,1-2H3. The molecule has 1 aliphatic rings. The molecule has 1 aliphatic carbocycles. The van der Waals surface area contributed by atoms with Crippen LogP contribution in [0.5, 0.6) is 0 Å². The molecule has 0 amide bonds. The molecule has 21 heavy (non-hydrogen) atoms. The summed E-state index contributed by atoms with van der Waals surface area (Å²) in [6.07, 6.45) is 5.52. The van der Waals surface area contributed by atoms with Crippen LogP contribution in [-0.4, -0.2) is 26.5 Å². The molecule has 2 rings (SSSR count). The lowest BCUT2D eigenvalue weighted by molar-refractivity contribution is 0.499. The van der Waals surface area contributed by atoms with Gasteiger partial charge in [-0.05, 0) is 43.9 Å². The summed E-state index contributed by atoms with van der Waals surface area (Å²) in [6.45, 7) is 2.10. The Balaban J connectivity index is 2.27. The van der Waals surface area contributed by atoms with Gasteiger partial charge < -0.3 is 5.32 Å². The zero-order chi connectivity index (χ0) is 15.3. The van der Waals surface area contributed by atoms with Gasteiger partial charge in [0, 0.05) is 6.04 Å². The van der Waals surface area contributed by atoms with Crippen molar-refractivity contribution in [1.29, 1.82) is 0 Å². The first-order chi connectivity index (χ1) is 10.1. The van der Waals surface area contributed by atoms with Crippen molar-refractivity contribution in [3.63, 3.8) is 0 Å². The second kappa shape index (κ2) is 7.41. The predicted molar refractivity (Wildman–Crippen MR) is 88.3 cm³/mol. The maximum absolute atomic E-state index is 12.8. The van der Waals surface area contributed by atoms with Crippen molar-refractivity contribution in [2.24, 2.45) is 0 Å². The highest BCUT2D eigenvalue weighted by Gasteiger charge is 2.35. The van der Waals surface area contributed by atoms with Gasteiger partial charge in [0.15, 0.2) is 9.84 Å². The Morgan fingerprint density at radius 2 is 2.00 bits per heavy atom. The lowest BCUT2D eigenvalue weighted by Crippen LogP contribution is -2.36. The number of fused-ring (bicyclic) bond motifs is 1. The van der Waals surface area contributed by atoms with Crippen LogP contribution in [0.15, 0.2) is 24.3 Å². The Morgan fingerprint density at radius 1 is 1.24 bits per heavy atom. The average Bonchev–Trinajstić information content (AvgIpc) is 2.66. The quantitative estimate of drug-likeness (QED) is 0.648. The van der Waals surface area contributed by atoms with Crippen LogP contribution in [0, 0.1) is 0 Å². The van der Waals surface area contributed by atoms with Crippen molar-refractivity contribution < 1.29 is 8.42 Å². The summed E-state index contributed by atoms with van der Waals surface area (Å²) in [4.78, 5) is 0. The molecule has 0 aromatic heterocycles. The van der Waals surface area contributed by atoms with Crippen LogP contribution in [0.2, 0.25) is 0 Å². The zero-order valence-corrected chi connectivity index (χ0v) is 14.0. The van der Waals surface area contributed by atoms with Crippen molar-refractivity contribution in [1.82, 2.24) is 5.32 Å². The van der Waals surface area contributed by atoms with E-state index in [2.05, 4.69) is 24.4 Å². The van der Waals surface area contributed by atoms with Gasteiger partial charge in [-0.2, -0.15) is 0 Å². The van der Waals surface area contributed by atoms with E-state index in [4.69, 9.17) is 0 Å². The Kier molecular flexibility index (Phi) is 5.82. The van der Waals surface area contributed by atoms with Gasteiger partial charge in [0.2, 0.25) is 0 Å². The number of sulfone groups is 1. The van der Waals surface area contributed by atoms with Gasteiger partial charge in [0.25, 0.3) is 0 Å². The molecule has 0 saturated heterocycles. The highest BCUT2D eigenvalue weighted by Crippen LogP contribution is 2.33. The SMILES string of the molecule is CCCCCS(=O)(=O)C1CCCc2ccccc2C1NC. The first-order valence-corrected chi connectivity index (χ1v) is 9.78. The summed E-state index contributed by atoms with van der Waals surface area (Å²) in [5, 5.41) is 2.98. The number of benzene rings is 1. The van der Waals surface area contributed by atoms with E-state index in [-0.39, 0.29) is 11.3 Å². The van der Waals surface area contributed by atoms with Crippen molar-refractivity contribution in [2.75, 3.05) is 12.8 Å². The van der Waals surface area contributed by atoms with Crippen molar-refractivity contribution in [2.45, 2.75) is 56.7 Å².